The van der Waals surface area contributed by atoms with Crippen LogP contribution in [0.3, 0.4) is 0 Å². The van der Waals surface area contributed by atoms with Crippen molar-refractivity contribution in [2.75, 3.05) is 6.61 Å². The Balaban J connectivity index is 3.10. The van der Waals surface area contributed by atoms with Crippen LogP contribution in [0.1, 0.15) is 6.92 Å². The van der Waals surface area contributed by atoms with E-state index in [9.17, 15) is 18.0 Å². The molecule has 0 unspecified atom stereocenters. The van der Waals surface area contributed by atoms with E-state index in [1.165, 1.54) is 19.2 Å². The lowest BCUT2D eigenvalue weighted by Crippen LogP contribution is -2.20. The third-order valence-electron chi connectivity index (χ3n) is 1.84. The van der Waals surface area contributed by atoms with Crippen LogP contribution >= 0.6 is 0 Å². The zero-order valence-corrected chi connectivity index (χ0v) is 9.73. The standard InChI is InChI=1S/C10H10F3N3O3/c1-2-19-9(18)6(8(17)10(11,12)13)5-14-7-3-4-15-16-7/h3-5,17H,2H2,1H3,(H,15,16). The van der Waals surface area contributed by atoms with Crippen LogP contribution in [-0.2, 0) is 9.53 Å². The molecule has 2 N–H and O–H groups in total. The fourth-order valence-corrected chi connectivity index (χ4v) is 1.03. The number of H-pyrrole nitrogens is 1. The third-order valence-corrected chi connectivity index (χ3v) is 1.84. The second kappa shape index (κ2) is 6.03. The monoisotopic (exact) mass is 277 g/mol. The van der Waals surface area contributed by atoms with Gasteiger partial charge in [-0.05, 0) is 6.92 Å². The largest absolute Gasteiger partial charge is 0.504 e. The van der Waals surface area contributed by atoms with Gasteiger partial charge in [0, 0.05) is 12.3 Å². The van der Waals surface area contributed by atoms with Gasteiger partial charge in [-0.25, -0.2) is 9.79 Å². The molecule has 0 aliphatic carbocycles. The Hall–Kier alpha value is -2.32. The van der Waals surface area contributed by atoms with E-state index in [0.717, 1.165) is 0 Å². The smallest absolute Gasteiger partial charge is 0.449 e. The summed E-state index contributed by atoms with van der Waals surface area (Å²) in [5, 5.41) is 14.9. The summed E-state index contributed by atoms with van der Waals surface area (Å²) in [4.78, 5) is 14.9. The number of rotatable bonds is 4. The van der Waals surface area contributed by atoms with Gasteiger partial charge in [0.05, 0.1) is 12.8 Å². The summed E-state index contributed by atoms with van der Waals surface area (Å²) < 4.78 is 41.5. The van der Waals surface area contributed by atoms with E-state index >= 15 is 0 Å². The lowest BCUT2D eigenvalue weighted by molar-refractivity contribution is -0.141. The van der Waals surface area contributed by atoms with Crippen molar-refractivity contribution in [1.82, 2.24) is 10.2 Å². The molecule has 0 fully saturated rings. The first kappa shape index (κ1) is 14.7. The molecule has 1 rings (SSSR count). The molecule has 0 saturated heterocycles. The highest BCUT2D eigenvalue weighted by atomic mass is 19.4. The molecular weight excluding hydrogens is 267 g/mol. The molecule has 1 heterocycles. The molecule has 0 aromatic carbocycles. The number of alkyl halides is 3. The molecule has 0 aliphatic heterocycles. The molecule has 1 aromatic rings. The van der Waals surface area contributed by atoms with Crippen LogP contribution in [0.2, 0.25) is 0 Å². The number of halogens is 3. The predicted octanol–water partition coefficient (Wildman–Crippen LogP) is 2.05. The van der Waals surface area contributed by atoms with Crippen molar-refractivity contribution < 1.29 is 27.8 Å². The highest BCUT2D eigenvalue weighted by molar-refractivity contribution is 6.10. The Morgan fingerprint density at radius 2 is 2.32 bits per heavy atom. The van der Waals surface area contributed by atoms with Gasteiger partial charge < -0.3 is 9.84 Å². The van der Waals surface area contributed by atoms with Gasteiger partial charge in [-0.3, -0.25) is 5.10 Å². The molecule has 9 heteroatoms. The number of hydrogen-bond donors (Lipinski definition) is 2. The van der Waals surface area contributed by atoms with E-state index in [0.29, 0.717) is 6.21 Å². The number of aromatic amines is 1. The Kier molecular flexibility index (Phi) is 4.67. The molecule has 19 heavy (non-hydrogen) atoms. The Morgan fingerprint density at radius 3 is 2.79 bits per heavy atom. The fourth-order valence-electron chi connectivity index (χ4n) is 1.03. The number of esters is 1. The third kappa shape index (κ3) is 4.12. The number of ether oxygens (including phenoxy) is 1. The maximum absolute atomic E-state index is 12.4. The van der Waals surface area contributed by atoms with Gasteiger partial charge in [0.15, 0.2) is 0 Å². The summed E-state index contributed by atoms with van der Waals surface area (Å²) in [6, 6.07) is 1.36. The molecular formula is C10H10F3N3O3. The predicted molar refractivity (Wildman–Crippen MR) is 59.1 cm³/mol. The first-order valence-electron chi connectivity index (χ1n) is 5.07. The lowest BCUT2D eigenvalue weighted by atomic mass is 10.2. The van der Waals surface area contributed by atoms with Crippen molar-refractivity contribution in [3.63, 3.8) is 0 Å². The number of aliphatic hydroxyl groups is 1. The highest BCUT2D eigenvalue weighted by Crippen LogP contribution is 2.26. The van der Waals surface area contributed by atoms with Gasteiger partial charge in [0.1, 0.15) is 11.4 Å². The number of allylic oxidation sites excluding steroid dienone is 1. The second-order valence-corrected chi connectivity index (χ2v) is 3.18. The van der Waals surface area contributed by atoms with Crippen LogP contribution < -0.4 is 0 Å². The molecule has 6 nitrogen and oxygen atoms in total. The molecule has 0 saturated carbocycles. The first-order valence-corrected chi connectivity index (χ1v) is 5.07. The van der Waals surface area contributed by atoms with Crippen LogP contribution in [0, 0.1) is 0 Å². The molecule has 0 radical (unpaired) electrons. The summed E-state index contributed by atoms with van der Waals surface area (Å²) in [7, 11) is 0. The maximum atomic E-state index is 12.4. The minimum Gasteiger partial charge on any atom is -0.504 e. The fraction of sp³-hybridized carbons (Fsp3) is 0.300. The number of hydrogen-bond acceptors (Lipinski definition) is 5. The number of aromatic nitrogens is 2. The zero-order chi connectivity index (χ0) is 14.5. The topological polar surface area (TPSA) is 87.6 Å². The van der Waals surface area contributed by atoms with E-state index in [2.05, 4.69) is 19.9 Å². The first-order chi connectivity index (χ1) is 8.86. The Bertz CT molecular complexity index is 492. The van der Waals surface area contributed by atoms with Crippen LogP contribution in [0.25, 0.3) is 0 Å². The van der Waals surface area contributed by atoms with E-state index in [1.807, 2.05) is 0 Å². The van der Waals surface area contributed by atoms with Gasteiger partial charge in [0.2, 0.25) is 5.76 Å². The molecule has 0 atom stereocenters. The van der Waals surface area contributed by atoms with Crippen molar-refractivity contribution in [1.29, 1.82) is 0 Å². The van der Waals surface area contributed by atoms with Gasteiger partial charge >= 0.3 is 12.1 Å². The zero-order valence-electron chi connectivity index (χ0n) is 9.73. The summed E-state index contributed by atoms with van der Waals surface area (Å²) >= 11 is 0. The summed E-state index contributed by atoms with van der Waals surface area (Å²) in [5.74, 6) is -3.26. The Morgan fingerprint density at radius 1 is 1.63 bits per heavy atom. The number of carbonyl (C=O) groups excluding carboxylic acids is 1. The molecule has 1 aromatic heterocycles. The van der Waals surface area contributed by atoms with E-state index < -0.39 is 23.5 Å². The average molecular weight is 277 g/mol. The van der Waals surface area contributed by atoms with E-state index in [1.54, 1.807) is 0 Å². The average Bonchev–Trinajstić information content (AvgIpc) is 2.81. The maximum Gasteiger partial charge on any atom is 0.449 e. The van der Waals surface area contributed by atoms with E-state index in [4.69, 9.17) is 5.11 Å². The highest BCUT2D eigenvalue weighted by Gasteiger charge is 2.38. The number of aliphatic hydroxyl groups excluding tert-OH is 1. The lowest BCUT2D eigenvalue weighted by Gasteiger charge is -2.08. The second-order valence-electron chi connectivity index (χ2n) is 3.18. The van der Waals surface area contributed by atoms with Crippen molar-refractivity contribution >= 4 is 18.0 Å². The van der Waals surface area contributed by atoms with Crippen molar-refractivity contribution in [2.24, 2.45) is 4.99 Å². The number of aliphatic imine (C=N–C) groups is 1. The molecule has 0 spiro atoms. The number of nitrogens with one attached hydrogen (secondary N) is 1. The van der Waals surface area contributed by atoms with Crippen LogP contribution in [0.5, 0.6) is 0 Å². The van der Waals surface area contributed by atoms with Crippen molar-refractivity contribution in [3.8, 4) is 0 Å². The number of nitrogens with zero attached hydrogens (tertiary/aromatic N) is 2. The molecule has 0 bridgehead atoms. The SMILES string of the molecule is CCOC(=O)C(C=Nc1ccn[nH]1)=C(O)C(F)(F)F. The minimum absolute atomic E-state index is 0.122. The quantitative estimate of drug-likeness (QED) is 0.381. The van der Waals surface area contributed by atoms with Gasteiger partial charge in [-0.15, -0.1) is 0 Å². The van der Waals surface area contributed by atoms with Gasteiger partial charge in [-0.2, -0.15) is 18.3 Å². The summed E-state index contributed by atoms with van der Waals surface area (Å²) in [5.41, 5.74) is -1.08. The molecule has 0 amide bonds. The van der Waals surface area contributed by atoms with Gasteiger partial charge in [0.25, 0.3) is 0 Å². The molecule has 0 aliphatic rings. The molecule has 104 valence electrons. The van der Waals surface area contributed by atoms with Crippen LogP contribution in [0.15, 0.2) is 28.6 Å². The summed E-state index contributed by atoms with van der Waals surface area (Å²) in [6.07, 6.45) is -3.18. The van der Waals surface area contributed by atoms with Crippen molar-refractivity contribution in [2.45, 2.75) is 13.1 Å². The minimum atomic E-state index is -5.07. The van der Waals surface area contributed by atoms with Crippen LogP contribution in [-0.4, -0.2) is 40.3 Å². The number of carbonyl (C=O) groups is 1. The van der Waals surface area contributed by atoms with Gasteiger partial charge in [-0.1, -0.05) is 0 Å². The summed E-state index contributed by atoms with van der Waals surface area (Å²) in [6.45, 7) is 1.29. The normalized spacial score (nSPS) is 13.5. The van der Waals surface area contributed by atoms with E-state index in [-0.39, 0.29) is 12.4 Å². The van der Waals surface area contributed by atoms with Crippen LogP contribution in [0.4, 0.5) is 19.0 Å². The Labute approximate surface area is 105 Å². The van der Waals surface area contributed by atoms with Crippen molar-refractivity contribution in [3.05, 3.63) is 23.6 Å².